The molecule has 5 rings (SSSR count). The molecule has 1 fully saturated rings. The number of rotatable bonds is 4. The van der Waals surface area contributed by atoms with E-state index in [2.05, 4.69) is 20.4 Å². The number of benzene rings is 1. The lowest BCUT2D eigenvalue weighted by Gasteiger charge is -2.23. The average Bonchev–Trinajstić information content (AvgIpc) is 3.88. The molecule has 0 saturated carbocycles. The summed E-state index contributed by atoms with van der Waals surface area (Å²) in [6.45, 7) is 22.0. The second-order valence-electron chi connectivity index (χ2n) is 10.6. The van der Waals surface area contributed by atoms with E-state index in [1.807, 2.05) is 81.4 Å². The number of nitrogens with zero attached hydrogens (tertiary/aromatic N) is 5. The summed E-state index contributed by atoms with van der Waals surface area (Å²) >= 11 is 0. The Morgan fingerprint density at radius 1 is 0.917 bits per heavy atom. The van der Waals surface area contributed by atoms with Gasteiger partial charge in [-0.05, 0) is 64.3 Å². The maximum absolute atomic E-state index is 13.5. The Morgan fingerprint density at radius 3 is 2.04 bits per heavy atom. The number of hydrogen-bond acceptors (Lipinski definition) is 7. The van der Waals surface area contributed by atoms with E-state index in [1.165, 1.54) is 35.3 Å². The van der Waals surface area contributed by atoms with Crippen LogP contribution in [-0.4, -0.2) is 62.3 Å². The van der Waals surface area contributed by atoms with Gasteiger partial charge in [-0.15, -0.1) is 0 Å². The van der Waals surface area contributed by atoms with Crippen molar-refractivity contribution in [1.82, 2.24) is 24.4 Å². The van der Waals surface area contributed by atoms with Crippen molar-refractivity contribution >= 4 is 23.3 Å². The van der Waals surface area contributed by atoms with E-state index in [-0.39, 0.29) is 28.6 Å². The first-order valence-corrected chi connectivity index (χ1v) is 16.2. The molecule has 1 saturated heterocycles. The number of carbonyl (C=O) groups is 2. The van der Waals surface area contributed by atoms with Crippen molar-refractivity contribution in [2.24, 2.45) is 0 Å². The highest BCUT2D eigenvalue weighted by Crippen LogP contribution is 2.28. The van der Waals surface area contributed by atoms with Crippen LogP contribution < -0.4 is 5.32 Å². The highest BCUT2D eigenvalue weighted by molar-refractivity contribution is 6.04. The van der Waals surface area contributed by atoms with E-state index < -0.39 is 11.8 Å². The first-order chi connectivity index (χ1) is 22.8. The second kappa shape index (κ2) is 21.5. The van der Waals surface area contributed by atoms with Crippen molar-refractivity contribution in [3.8, 4) is 11.4 Å². The molecular formula is C35H53F3N6O4. The zero-order valence-corrected chi connectivity index (χ0v) is 30.5. The molecule has 0 atom stereocenters. The van der Waals surface area contributed by atoms with Crippen molar-refractivity contribution < 1.29 is 32.0 Å². The predicted octanol–water partition coefficient (Wildman–Crippen LogP) is 9.74. The number of aryl methyl sites for hydroxylation is 1. The van der Waals surface area contributed by atoms with Gasteiger partial charge >= 0.3 is 6.09 Å². The molecule has 13 heteroatoms. The third-order valence-electron chi connectivity index (χ3n) is 6.12. The normalized spacial score (nSPS) is 11.9. The van der Waals surface area contributed by atoms with E-state index in [9.17, 15) is 22.8 Å². The van der Waals surface area contributed by atoms with Gasteiger partial charge in [0, 0.05) is 43.0 Å². The fraction of sp³-hybridized carbons (Fsp3) is 0.514. The van der Waals surface area contributed by atoms with Crippen LogP contribution in [-0.2, 0) is 10.7 Å². The number of likely N-dealkylation sites (tertiary alicyclic amines) is 1. The van der Waals surface area contributed by atoms with Crippen molar-refractivity contribution in [2.45, 2.75) is 101 Å². The van der Waals surface area contributed by atoms with Gasteiger partial charge in [0.1, 0.15) is 16.9 Å². The van der Waals surface area contributed by atoms with Crippen molar-refractivity contribution in [3.05, 3.63) is 65.9 Å². The van der Waals surface area contributed by atoms with Gasteiger partial charge in [0.25, 0.3) is 11.8 Å². The Balaban J connectivity index is 0.000000926. The minimum Gasteiger partial charge on any atom is -0.444 e. The van der Waals surface area contributed by atoms with E-state index in [0.29, 0.717) is 24.3 Å². The zero-order chi connectivity index (χ0) is 37.1. The van der Waals surface area contributed by atoms with Crippen LogP contribution in [0.1, 0.15) is 104 Å². The number of fused-ring (bicyclic) bond motifs is 1. The molecule has 3 aromatic heterocycles. The smallest absolute Gasteiger partial charge is 0.410 e. The lowest BCUT2D eigenvalue weighted by atomic mass is 10.1. The lowest BCUT2D eigenvalue weighted by Crippen LogP contribution is -2.34. The molecule has 1 aliphatic heterocycles. The maximum Gasteiger partial charge on any atom is 0.410 e. The standard InChI is InChI=1S/C19H15F2N5O2.C9H17NO2.3C2H6.CH3F/c1-11-3-4-12(17-23-10-28-25-17)7-14(11)24-18(27)15-9-22-16-8-13(19(2,20)21)5-6-26(15)16;1-9(2,3)12-8(11)10-6-4-5-7-10;4*1-2/h3-10H,1-2H3,(H,24,27);4-7H2,1-3H3;3*1-2H3;1H3. The van der Waals surface area contributed by atoms with Gasteiger partial charge in [-0.2, -0.15) is 4.98 Å². The highest BCUT2D eigenvalue weighted by atomic mass is 19.3. The molecule has 0 aliphatic carbocycles. The van der Waals surface area contributed by atoms with Crippen LogP contribution in [0.4, 0.5) is 23.7 Å². The molecule has 0 radical (unpaired) electrons. The quantitative estimate of drug-likeness (QED) is 0.229. The molecule has 0 unspecified atom stereocenters. The highest BCUT2D eigenvalue weighted by Gasteiger charge is 2.26. The number of ether oxygens (including phenoxy) is 1. The largest absolute Gasteiger partial charge is 0.444 e. The number of imidazole rings is 1. The third-order valence-corrected chi connectivity index (χ3v) is 6.12. The number of alkyl halides is 3. The van der Waals surface area contributed by atoms with Crippen LogP contribution in [0.3, 0.4) is 0 Å². The molecule has 1 aromatic carbocycles. The number of anilines is 1. The molecular weight excluding hydrogens is 625 g/mol. The molecule has 4 aromatic rings. The molecule has 2 amide bonds. The first kappa shape index (κ1) is 43.6. The molecule has 10 nitrogen and oxygen atoms in total. The van der Waals surface area contributed by atoms with Gasteiger partial charge in [-0.1, -0.05) is 58.8 Å². The van der Waals surface area contributed by atoms with Crippen LogP contribution in [0, 0.1) is 6.92 Å². The van der Waals surface area contributed by atoms with Gasteiger partial charge in [0.15, 0.2) is 0 Å². The van der Waals surface area contributed by atoms with Gasteiger partial charge in [0.05, 0.1) is 13.4 Å². The van der Waals surface area contributed by atoms with E-state index >= 15 is 0 Å². The molecule has 1 aliphatic rings. The number of halogens is 3. The Morgan fingerprint density at radius 2 is 1.52 bits per heavy atom. The van der Waals surface area contributed by atoms with Crippen molar-refractivity contribution in [3.63, 3.8) is 0 Å². The molecule has 0 spiro atoms. The molecule has 1 N–H and O–H groups in total. The SMILES string of the molecule is CC.CC.CC.CC(C)(C)OC(=O)N1CCCC1.CF.Cc1ccc(-c2ncon2)cc1NC(=O)c1cnc2cc(C(C)(F)F)ccn12. The number of carbonyl (C=O) groups excluding carboxylic acids is 2. The molecule has 4 heterocycles. The summed E-state index contributed by atoms with van der Waals surface area (Å²) in [5.41, 5.74) is 2.05. The first-order valence-electron chi connectivity index (χ1n) is 16.2. The molecule has 268 valence electrons. The van der Waals surface area contributed by atoms with Crippen molar-refractivity contribution in [2.75, 3.05) is 25.6 Å². The van der Waals surface area contributed by atoms with Crippen LogP contribution in [0.15, 0.2) is 53.6 Å². The number of hydrogen-bond donors (Lipinski definition) is 1. The minimum atomic E-state index is -2.98. The van der Waals surface area contributed by atoms with Crippen LogP contribution >= 0.6 is 0 Å². The Labute approximate surface area is 283 Å². The number of pyridine rings is 1. The van der Waals surface area contributed by atoms with E-state index in [0.717, 1.165) is 38.4 Å². The number of amides is 2. The summed E-state index contributed by atoms with van der Waals surface area (Å²) in [5, 5.41) is 6.60. The number of aromatic nitrogens is 4. The summed E-state index contributed by atoms with van der Waals surface area (Å²) in [6.07, 6.45) is 6.03. The fourth-order valence-electron chi connectivity index (χ4n) is 4.03. The van der Waals surface area contributed by atoms with Gasteiger partial charge in [0.2, 0.25) is 12.2 Å². The van der Waals surface area contributed by atoms with Gasteiger partial charge < -0.3 is 19.5 Å². The van der Waals surface area contributed by atoms with Crippen LogP contribution in [0.2, 0.25) is 0 Å². The predicted molar refractivity (Wildman–Crippen MR) is 185 cm³/mol. The fourth-order valence-corrected chi connectivity index (χ4v) is 4.03. The summed E-state index contributed by atoms with van der Waals surface area (Å²) in [4.78, 5) is 33.9. The maximum atomic E-state index is 13.5. The lowest BCUT2D eigenvalue weighted by molar-refractivity contribution is 0.0174. The van der Waals surface area contributed by atoms with Crippen LogP contribution in [0.25, 0.3) is 17.0 Å². The van der Waals surface area contributed by atoms with Crippen molar-refractivity contribution in [1.29, 1.82) is 0 Å². The van der Waals surface area contributed by atoms with E-state index in [4.69, 9.17) is 9.26 Å². The topological polar surface area (TPSA) is 115 Å². The Hall–Kier alpha value is -4.42. The minimum absolute atomic E-state index is 0.166. The summed E-state index contributed by atoms with van der Waals surface area (Å²) in [6, 6.07) is 7.91. The monoisotopic (exact) mass is 678 g/mol. The third kappa shape index (κ3) is 13.4. The average molecular weight is 679 g/mol. The van der Waals surface area contributed by atoms with E-state index in [1.54, 1.807) is 11.0 Å². The molecule has 48 heavy (non-hydrogen) atoms. The summed E-state index contributed by atoms with van der Waals surface area (Å²) in [7, 11) is 0.500. The second-order valence-corrected chi connectivity index (χ2v) is 10.6. The zero-order valence-electron chi connectivity index (χ0n) is 30.5. The Kier molecular flexibility index (Phi) is 19.5. The number of nitrogens with one attached hydrogen (secondary N) is 1. The van der Waals surface area contributed by atoms with Gasteiger partial charge in [-0.3, -0.25) is 13.6 Å². The Bertz CT molecular complexity index is 1490. The van der Waals surface area contributed by atoms with Crippen LogP contribution in [0.5, 0.6) is 0 Å². The molecule has 0 bridgehead atoms. The summed E-state index contributed by atoms with van der Waals surface area (Å²) in [5.74, 6) is -3.00. The summed E-state index contributed by atoms with van der Waals surface area (Å²) < 4.78 is 47.9. The van der Waals surface area contributed by atoms with Gasteiger partial charge in [-0.25, -0.2) is 18.6 Å².